The fourth-order valence-electron chi connectivity index (χ4n) is 2.56. The number of hydrogen-bond donors (Lipinski definition) is 1. The predicted octanol–water partition coefficient (Wildman–Crippen LogP) is 4.65. The van der Waals surface area contributed by atoms with E-state index in [0.29, 0.717) is 12.1 Å². The molecule has 0 heterocycles. The van der Waals surface area contributed by atoms with Crippen molar-refractivity contribution in [2.24, 2.45) is 0 Å². The van der Waals surface area contributed by atoms with Crippen LogP contribution in [0.2, 0.25) is 0 Å². The van der Waals surface area contributed by atoms with Crippen LogP contribution in [0, 0.1) is 11.6 Å². The van der Waals surface area contributed by atoms with E-state index in [2.05, 4.69) is 10.1 Å². The molecule has 3 aromatic carbocycles. The minimum atomic E-state index is -3.22. The molecule has 3 rings (SSSR count). The van der Waals surface area contributed by atoms with Crippen molar-refractivity contribution in [3.63, 3.8) is 0 Å². The number of rotatable bonds is 5. The lowest BCUT2D eigenvalue weighted by molar-refractivity contribution is -0.0501. The van der Waals surface area contributed by atoms with Crippen LogP contribution in [0.5, 0.6) is 5.75 Å². The number of benzene rings is 3. The standard InChI is InChI=1S/C19H13F4NO2/c20-15-8-14(26-19(22)23)9-16(21)17(15)18(25)24-10-11-5-6-12-3-1-2-4-13(12)7-11/h1-9,19H,10H2,(H,24,25). The summed E-state index contributed by atoms with van der Waals surface area (Å²) in [6.45, 7) is -3.17. The van der Waals surface area contributed by atoms with Gasteiger partial charge in [0, 0.05) is 18.7 Å². The summed E-state index contributed by atoms with van der Waals surface area (Å²) >= 11 is 0. The van der Waals surface area contributed by atoms with Gasteiger partial charge < -0.3 is 10.1 Å². The Morgan fingerprint density at radius 3 is 2.27 bits per heavy atom. The Morgan fingerprint density at radius 2 is 1.62 bits per heavy atom. The Hall–Kier alpha value is -3.09. The van der Waals surface area contributed by atoms with E-state index in [0.717, 1.165) is 16.3 Å². The summed E-state index contributed by atoms with van der Waals surface area (Å²) in [5.41, 5.74) is -0.108. The van der Waals surface area contributed by atoms with Crippen molar-refractivity contribution in [3.8, 4) is 5.75 Å². The number of carbonyl (C=O) groups excluding carboxylic acids is 1. The molecule has 0 atom stereocenters. The molecule has 0 spiro atoms. The molecule has 26 heavy (non-hydrogen) atoms. The van der Waals surface area contributed by atoms with E-state index in [-0.39, 0.29) is 6.54 Å². The highest BCUT2D eigenvalue weighted by Gasteiger charge is 2.20. The number of amides is 1. The monoisotopic (exact) mass is 363 g/mol. The van der Waals surface area contributed by atoms with Crippen molar-refractivity contribution in [2.45, 2.75) is 13.2 Å². The second kappa shape index (κ2) is 7.43. The quantitative estimate of drug-likeness (QED) is 0.670. The minimum absolute atomic E-state index is 0.0534. The molecule has 0 saturated carbocycles. The summed E-state index contributed by atoms with van der Waals surface area (Å²) in [4.78, 5) is 12.1. The van der Waals surface area contributed by atoms with Crippen LogP contribution in [-0.2, 0) is 6.54 Å². The smallest absolute Gasteiger partial charge is 0.387 e. The second-order valence-corrected chi connectivity index (χ2v) is 5.50. The first-order valence-corrected chi connectivity index (χ1v) is 7.64. The van der Waals surface area contributed by atoms with Crippen molar-refractivity contribution in [3.05, 3.63) is 77.4 Å². The molecule has 0 aliphatic carbocycles. The maximum atomic E-state index is 13.9. The molecule has 0 aliphatic heterocycles. The van der Waals surface area contributed by atoms with Gasteiger partial charge in [0.2, 0.25) is 0 Å². The van der Waals surface area contributed by atoms with Crippen LogP contribution < -0.4 is 10.1 Å². The molecule has 0 aliphatic rings. The molecule has 3 aromatic rings. The molecule has 0 unspecified atom stereocenters. The van der Waals surface area contributed by atoms with Gasteiger partial charge in [0.1, 0.15) is 22.9 Å². The van der Waals surface area contributed by atoms with E-state index in [1.807, 2.05) is 36.4 Å². The molecular weight excluding hydrogens is 350 g/mol. The van der Waals surface area contributed by atoms with Crippen molar-refractivity contribution in [1.29, 1.82) is 0 Å². The Kier molecular flexibility index (Phi) is 5.06. The van der Waals surface area contributed by atoms with Crippen LogP contribution in [0.1, 0.15) is 15.9 Å². The molecule has 1 N–H and O–H groups in total. The first kappa shape index (κ1) is 17.7. The fourth-order valence-corrected chi connectivity index (χ4v) is 2.56. The lowest BCUT2D eigenvalue weighted by Crippen LogP contribution is -2.25. The molecule has 0 radical (unpaired) electrons. The topological polar surface area (TPSA) is 38.3 Å². The molecule has 0 bridgehead atoms. The van der Waals surface area contributed by atoms with Crippen molar-refractivity contribution >= 4 is 16.7 Å². The number of ether oxygens (including phenoxy) is 1. The van der Waals surface area contributed by atoms with Gasteiger partial charge >= 0.3 is 6.61 Å². The molecule has 1 amide bonds. The lowest BCUT2D eigenvalue weighted by atomic mass is 10.1. The first-order valence-electron chi connectivity index (χ1n) is 7.64. The number of nitrogens with one attached hydrogen (secondary N) is 1. The third-order valence-corrected chi connectivity index (χ3v) is 3.73. The van der Waals surface area contributed by atoms with Gasteiger partial charge in [-0.2, -0.15) is 8.78 Å². The summed E-state index contributed by atoms with van der Waals surface area (Å²) in [5.74, 6) is -4.24. The van der Waals surface area contributed by atoms with Crippen LogP contribution in [0.3, 0.4) is 0 Å². The molecule has 0 fully saturated rings. The SMILES string of the molecule is O=C(NCc1ccc2ccccc2c1)c1c(F)cc(OC(F)F)cc1F. The minimum Gasteiger partial charge on any atom is -0.435 e. The van der Waals surface area contributed by atoms with E-state index in [1.54, 1.807) is 6.07 Å². The van der Waals surface area contributed by atoms with Crippen molar-refractivity contribution < 1.29 is 27.1 Å². The molecule has 0 aromatic heterocycles. The van der Waals surface area contributed by atoms with Gasteiger partial charge in [-0.1, -0.05) is 36.4 Å². The normalized spacial score (nSPS) is 11.0. The van der Waals surface area contributed by atoms with Gasteiger partial charge in [0.05, 0.1) is 0 Å². The van der Waals surface area contributed by atoms with Crippen LogP contribution in [0.4, 0.5) is 17.6 Å². The third kappa shape index (κ3) is 3.93. The Labute approximate surface area is 146 Å². The van der Waals surface area contributed by atoms with Crippen LogP contribution in [0.25, 0.3) is 10.8 Å². The number of fused-ring (bicyclic) bond motifs is 1. The van der Waals surface area contributed by atoms with Crippen LogP contribution in [-0.4, -0.2) is 12.5 Å². The highest BCUT2D eigenvalue weighted by molar-refractivity contribution is 5.95. The third-order valence-electron chi connectivity index (χ3n) is 3.73. The van der Waals surface area contributed by atoms with Gasteiger partial charge in [-0.05, 0) is 22.4 Å². The van der Waals surface area contributed by atoms with E-state index >= 15 is 0 Å². The molecule has 3 nitrogen and oxygen atoms in total. The fraction of sp³-hybridized carbons (Fsp3) is 0.105. The molecule has 134 valence electrons. The van der Waals surface area contributed by atoms with E-state index < -0.39 is 35.5 Å². The number of hydrogen-bond acceptors (Lipinski definition) is 2. The molecule has 0 saturated heterocycles. The largest absolute Gasteiger partial charge is 0.435 e. The van der Waals surface area contributed by atoms with Crippen LogP contribution in [0.15, 0.2) is 54.6 Å². The second-order valence-electron chi connectivity index (χ2n) is 5.50. The summed E-state index contributed by atoms with van der Waals surface area (Å²) in [6, 6.07) is 14.2. The van der Waals surface area contributed by atoms with E-state index in [9.17, 15) is 22.4 Å². The Morgan fingerprint density at radius 1 is 0.962 bits per heavy atom. The zero-order valence-electron chi connectivity index (χ0n) is 13.3. The summed E-state index contributed by atoms with van der Waals surface area (Å²) in [5, 5.41) is 4.40. The number of halogens is 4. The molecule has 7 heteroatoms. The van der Waals surface area contributed by atoms with Gasteiger partial charge in [-0.25, -0.2) is 8.78 Å². The Bertz CT molecular complexity index is 936. The van der Waals surface area contributed by atoms with Gasteiger partial charge in [0.15, 0.2) is 0 Å². The summed E-state index contributed by atoms with van der Waals surface area (Å²) in [6.07, 6.45) is 0. The number of alkyl halides is 2. The summed E-state index contributed by atoms with van der Waals surface area (Å²) in [7, 11) is 0. The lowest BCUT2D eigenvalue weighted by Gasteiger charge is -2.10. The van der Waals surface area contributed by atoms with Gasteiger partial charge in [-0.3, -0.25) is 4.79 Å². The first-order chi connectivity index (χ1) is 12.4. The van der Waals surface area contributed by atoms with E-state index in [4.69, 9.17) is 0 Å². The Balaban J connectivity index is 1.75. The maximum Gasteiger partial charge on any atom is 0.387 e. The average molecular weight is 363 g/mol. The van der Waals surface area contributed by atoms with E-state index in [1.165, 1.54) is 0 Å². The highest BCUT2D eigenvalue weighted by Crippen LogP contribution is 2.22. The average Bonchev–Trinajstić information content (AvgIpc) is 2.58. The molecular formula is C19H13F4NO2. The van der Waals surface area contributed by atoms with Gasteiger partial charge in [-0.15, -0.1) is 0 Å². The predicted molar refractivity (Wildman–Crippen MR) is 88.1 cm³/mol. The van der Waals surface area contributed by atoms with Crippen molar-refractivity contribution in [2.75, 3.05) is 0 Å². The van der Waals surface area contributed by atoms with Gasteiger partial charge in [0.25, 0.3) is 5.91 Å². The van der Waals surface area contributed by atoms with Crippen molar-refractivity contribution in [1.82, 2.24) is 5.32 Å². The summed E-state index contributed by atoms with van der Waals surface area (Å²) < 4.78 is 56.0. The van der Waals surface area contributed by atoms with Crippen LogP contribution >= 0.6 is 0 Å². The zero-order valence-corrected chi connectivity index (χ0v) is 13.3. The highest BCUT2D eigenvalue weighted by atomic mass is 19.3. The maximum absolute atomic E-state index is 13.9. The number of carbonyl (C=O) groups is 1. The zero-order chi connectivity index (χ0) is 18.7.